The molecule has 0 radical (unpaired) electrons. The Labute approximate surface area is 328 Å². The molecule has 12 aromatic rings. The second kappa shape index (κ2) is 12.5. The number of rotatable bonds is 5. The fraction of sp³-hybridized carbons (Fsp3) is 0. The molecule has 2 heterocycles. The van der Waals surface area contributed by atoms with Gasteiger partial charge in [0.25, 0.3) is 0 Å². The smallest absolute Gasteiger partial charge is 0.159 e. The van der Waals surface area contributed by atoms with Crippen LogP contribution in [0.5, 0.6) is 0 Å². The number of benzene rings is 10. The molecular formula is C54H33NO2. The highest BCUT2D eigenvalue weighted by molar-refractivity contribution is 6.23. The molecule has 0 bridgehead atoms. The van der Waals surface area contributed by atoms with Crippen molar-refractivity contribution in [3.63, 3.8) is 0 Å². The van der Waals surface area contributed by atoms with E-state index >= 15 is 0 Å². The Kier molecular flexibility index (Phi) is 6.93. The molecule has 0 atom stereocenters. The molecule has 3 heteroatoms. The maximum atomic E-state index is 6.73. The van der Waals surface area contributed by atoms with Crippen molar-refractivity contribution in [1.29, 1.82) is 0 Å². The summed E-state index contributed by atoms with van der Waals surface area (Å²) in [6.45, 7) is 0. The van der Waals surface area contributed by atoms with E-state index in [0.717, 1.165) is 77.3 Å². The summed E-state index contributed by atoms with van der Waals surface area (Å²) in [5, 5.41) is 11.5. The highest BCUT2D eigenvalue weighted by atomic mass is 16.3. The summed E-state index contributed by atoms with van der Waals surface area (Å²) in [5.74, 6) is 0. The summed E-state index contributed by atoms with van der Waals surface area (Å²) in [7, 11) is 0. The van der Waals surface area contributed by atoms with Crippen LogP contribution in [0.2, 0.25) is 0 Å². The first-order valence-corrected chi connectivity index (χ1v) is 19.4. The standard InChI is InChI=1S/C54H33NO2/c1-2-15-35(16-3-1)50-42-21-8-6-18-39(42)40-19-7-9-22-43(40)51(50)36-28-31-37(32-29-36)55(47-25-12-23-44-41-20-10-11-26-48(41)56-54(44)47)46-24-13-27-49-52(46)45-33-30-34-14-4-5-17-38(34)53(45)57-49/h1-33H. The Morgan fingerprint density at radius 1 is 0.298 bits per heavy atom. The summed E-state index contributed by atoms with van der Waals surface area (Å²) >= 11 is 0. The van der Waals surface area contributed by atoms with Gasteiger partial charge in [-0.05, 0) is 91.6 Å². The van der Waals surface area contributed by atoms with Gasteiger partial charge < -0.3 is 13.7 Å². The van der Waals surface area contributed by atoms with Gasteiger partial charge in [-0.2, -0.15) is 0 Å². The number of nitrogens with zero attached hydrogens (tertiary/aromatic N) is 1. The molecule has 0 amide bonds. The largest absolute Gasteiger partial charge is 0.455 e. The third-order valence-corrected chi connectivity index (χ3v) is 11.6. The fourth-order valence-electron chi connectivity index (χ4n) is 9.16. The lowest BCUT2D eigenvalue weighted by Crippen LogP contribution is -2.10. The van der Waals surface area contributed by atoms with Crippen LogP contribution in [0.1, 0.15) is 0 Å². The third-order valence-electron chi connectivity index (χ3n) is 11.6. The van der Waals surface area contributed by atoms with Gasteiger partial charge in [-0.3, -0.25) is 0 Å². The molecule has 0 aliphatic heterocycles. The van der Waals surface area contributed by atoms with E-state index in [1.165, 1.54) is 38.2 Å². The van der Waals surface area contributed by atoms with Gasteiger partial charge in [0.1, 0.15) is 16.7 Å². The maximum absolute atomic E-state index is 6.73. The van der Waals surface area contributed by atoms with E-state index in [2.05, 4.69) is 193 Å². The Morgan fingerprint density at radius 3 is 1.60 bits per heavy atom. The molecule has 12 rings (SSSR count). The highest BCUT2D eigenvalue weighted by Crippen LogP contribution is 2.49. The maximum Gasteiger partial charge on any atom is 0.159 e. The van der Waals surface area contributed by atoms with Crippen molar-refractivity contribution in [3.8, 4) is 22.3 Å². The van der Waals surface area contributed by atoms with Crippen LogP contribution in [0, 0.1) is 0 Å². The van der Waals surface area contributed by atoms with Crippen LogP contribution in [0.4, 0.5) is 17.1 Å². The number of furan rings is 2. The molecule has 0 saturated heterocycles. The zero-order valence-electron chi connectivity index (χ0n) is 30.8. The van der Waals surface area contributed by atoms with Crippen LogP contribution in [-0.4, -0.2) is 0 Å². The highest BCUT2D eigenvalue weighted by Gasteiger charge is 2.24. The van der Waals surface area contributed by atoms with E-state index in [9.17, 15) is 0 Å². The number of anilines is 3. The average molecular weight is 728 g/mol. The summed E-state index contributed by atoms with van der Waals surface area (Å²) in [6.07, 6.45) is 0. The Bertz CT molecular complexity index is 3520. The molecule has 0 fully saturated rings. The second-order valence-electron chi connectivity index (χ2n) is 14.8. The lowest BCUT2D eigenvalue weighted by atomic mass is 9.85. The van der Waals surface area contributed by atoms with Gasteiger partial charge in [0.15, 0.2) is 5.58 Å². The van der Waals surface area contributed by atoms with E-state index in [4.69, 9.17) is 8.83 Å². The van der Waals surface area contributed by atoms with Crippen molar-refractivity contribution < 1.29 is 8.83 Å². The molecule has 10 aromatic carbocycles. The minimum atomic E-state index is 0.838. The lowest BCUT2D eigenvalue weighted by Gasteiger charge is -2.27. The molecule has 57 heavy (non-hydrogen) atoms. The van der Waals surface area contributed by atoms with Gasteiger partial charge >= 0.3 is 0 Å². The van der Waals surface area contributed by atoms with Crippen LogP contribution < -0.4 is 4.90 Å². The number of fused-ring (bicyclic) bond motifs is 11. The molecule has 2 aromatic heterocycles. The Balaban J connectivity index is 1.13. The van der Waals surface area contributed by atoms with Gasteiger partial charge in [0.05, 0.1) is 16.8 Å². The molecule has 0 spiro atoms. The first-order valence-electron chi connectivity index (χ1n) is 19.4. The second-order valence-corrected chi connectivity index (χ2v) is 14.8. The van der Waals surface area contributed by atoms with E-state index < -0.39 is 0 Å². The zero-order valence-corrected chi connectivity index (χ0v) is 30.8. The van der Waals surface area contributed by atoms with E-state index in [1.54, 1.807) is 0 Å². The van der Waals surface area contributed by atoms with Crippen molar-refractivity contribution in [3.05, 3.63) is 200 Å². The predicted octanol–water partition coefficient (Wildman–Crippen LogP) is 15.7. The van der Waals surface area contributed by atoms with Gasteiger partial charge in [-0.1, -0.05) is 158 Å². The lowest BCUT2D eigenvalue weighted by molar-refractivity contribution is 0.669. The molecule has 0 aliphatic carbocycles. The van der Waals surface area contributed by atoms with Crippen LogP contribution in [0.15, 0.2) is 209 Å². The van der Waals surface area contributed by atoms with Crippen LogP contribution >= 0.6 is 0 Å². The molecule has 0 N–H and O–H groups in total. The van der Waals surface area contributed by atoms with Gasteiger partial charge in [0, 0.05) is 27.2 Å². The van der Waals surface area contributed by atoms with E-state index in [0.29, 0.717) is 0 Å². The summed E-state index contributed by atoms with van der Waals surface area (Å²) in [4.78, 5) is 2.34. The zero-order chi connectivity index (χ0) is 37.5. The molecule has 3 nitrogen and oxygen atoms in total. The summed E-state index contributed by atoms with van der Waals surface area (Å²) in [6, 6.07) is 71.4. The predicted molar refractivity (Wildman–Crippen MR) is 239 cm³/mol. The molecular weight excluding hydrogens is 695 g/mol. The first-order chi connectivity index (χ1) is 28.3. The number of hydrogen-bond acceptors (Lipinski definition) is 3. The SMILES string of the molecule is c1ccc(-c2c(-c3ccc(N(c4cccc5c4oc4ccccc45)c4cccc5oc6c7ccccc7ccc6c45)cc3)c3ccccc3c3ccccc23)cc1. The molecule has 266 valence electrons. The summed E-state index contributed by atoms with van der Waals surface area (Å²) in [5.41, 5.74) is 11.2. The van der Waals surface area contributed by atoms with Crippen molar-refractivity contribution in [2.45, 2.75) is 0 Å². The fourth-order valence-corrected chi connectivity index (χ4v) is 9.16. The Morgan fingerprint density at radius 2 is 0.842 bits per heavy atom. The topological polar surface area (TPSA) is 29.5 Å². The first kappa shape index (κ1) is 31.7. The summed E-state index contributed by atoms with van der Waals surface area (Å²) < 4.78 is 13.4. The van der Waals surface area contributed by atoms with Gasteiger partial charge in [0.2, 0.25) is 0 Å². The van der Waals surface area contributed by atoms with Gasteiger partial charge in [-0.25, -0.2) is 0 Å². The van der Waals surface area contributed by atoms with E-state index in [-0.39, 0.29) is 0 Å². The van der Waals surface area contributed by atoms with Crippen LogP contribution in [0.3, 0.4) is 0 Å². The molecule has 0 aliphatic rings. The minimum Gasteiger partial charge on any atom is -0.455 e. The minimum absolute atomic E-state index is 0.838. The number of para-hydroxylation sites is 2. The van der Waals surface area contributed by atoms with Crippen molar-refractivity contribution in [2.24, 2.45) is 0 Å². The average Bonchev–Trinajstić information content (AvgIpc) is 3.87. The van der Waals surface area contributed by atoms with Crippen molar-refractivity contribution in [2.75, 3.05) is 4.90 Å². The monoisotopic (exact) mass is 727 g/mol. The molecule has 0 unspecified atom stereocenters. The van der Waals surface area contributed by atoms with Crippen molar-refractivity contribution in [1.82, 2.24) is 0 Å². The normalized spacial score (nSPS) is 11.9. The van der Waals surface area contributed by atoms with Crippen LogP contribution in [0.25, 0.3) is 98.4 Å². The third kappa shape index (κ3) is 4.79. The quantitative estimate of drug-likeness (QED) is 0.165. The Hall–Kier alpha value is -7.62. The van der Waals surface area contributed by atoms with Crippen LogP contribution in [-0.2, 0) is 0 Å². The van der Waals surface area contributed by atoms with Crippen molar-refractivity contribution >= 4 is 93.3 Å². The van der Waals surface area contributed by atoms with E-state index in [1.807, 2.05) is 12.1 Å². The molecule has 0 saturated carbocycles. The van der Waals surface area contributed by atoms with Gasteiger partial charge in [-0.15, -0.1) is 0 Å². The number of hydrogen-bond donors (Lipinski definition) is 0.